The minimum absolute atomic E-state index is 0.105. The van der Waals surface area contributed by atoms with Crippen molar-refractivity contribution < 1.29 is 33.6 Å². The van der Waals surface area contributed by atoms with Crippen LogP contribution in [0.15, 0.2) is 24.0 Å². The molecule has 1 spiro atoms. The van der Waals surface area contributed by atoms with Gasteiger partial charge in [0.25, 0.3) is 0 Å². The van der Waals surface area contributed by atoms with Gasteiger partial charge in [0.05, 0.1) is 18.1 Å². The lowest BCUT2D eigenvalue weighted by Gasteiger charge is -2.59. The van der Waals surface area contributed by atoms with Crippen LogP contribution in [0.25, 0.3) is 0 Å². The summed E-state index contributed by atoms with van der Waals surface area (Å²) in [5.74, 6) is 0.282. The van der Waals surface area contributed by atoms with Crippen molar-refractivity contribution in [3.63, 3.8) is 0 Å². The molecule has 4 aliphatic rings. The smallest absolute Gasteiger partial charge is 0.352 e. The molecule has 1 heterocycles. The SMILES string of the molecule is COc1ccc2c3c1O[C@@H]1C(OC(=O)[C@H](C)OC(=O)[C@H](C)N)=CC[C@]4(O)[C@@H](CCC[C@@]314)C2. The number of hydrogen-bond donors (Lipinski definition) is 2. The minimum Gasteiger partial charge on any atom is -0.493 e. The highest BCUT2D eigenvalue weighted by Crippen LogP contribution is 2.67. The summed E-state index contributed by atoms with van der Waals surface area (Å²) in [4.78, 5) is 24.5. The van der Waals surface area contributed by atoms with Gasteiger partial charge in [0, 0.05) is 5.56 Å². The summed E-state index contributed by atoms with van der Waals surface area (Å²) in [6.07, 6.45) is 3.75. The van der Waals surface area contributed by atoms with Gasteiger partial charge in [-0.05, 0) is 63.2 Å². The van der Waals surface area contributed by atoms with Crippen molar-refractivity contribution in [2.45, 2.75) is 75.2 Å². The number of carbonyl (C=O) groups excluding carboxylic acids is 2. The monoisotopic (exact) mass is 443 g/mol. The molecule has 172 valence electrons. The second-order valence-electron chi connectivity index (χ2n) is 9.42. The van der Waals surface area contributed by atoms with Crippen molar-refractivity contribution in [2.75, 3.05) is 7.11 Å². The van der Waals surface area contributed by atoms with Crippen molar-refractivity contribution in [2.24, 2.45) is 11.7 Å². The summed E-state index contributed by atoms with van der Waals surface area (Å²) in [5, 5.41) is 12.0. The highest BCUT2D eigenvalue weighted by Gasteiger charge is 2.71. The molecule has 1 aromatic carbocycles. The average Bonchev–Trinajstić information content (AvgIpc) is 3.10. The molecule has 0 aromatic heterocycles. The molecule has 5 rings (SSSR count). The summed E-state index contributed by atoms with van der Waals surface area (Å²) in [5.41, 5.74) is 5.98. The fraction of sp³-hybridized carbons (Fsp3) is 0.583. The van der Waals surface area contributed by atoms with E-state index in [1.807, 2.05) is 6.07 Å². The van der Waals surface area contributed by atoms with E-state index in [-0.39, 0.29) is 5.92 Å². The summed E-state index contributed by atoms with van der Waals surface area (Å²) in [7, 11) is 1.59. The Morgan fingerprint density at radius 3 is 2.78 bits per heavy atom. The Bertz CT molecular complexity index is 1020. The van der Waals surface area contributed by atoms with E-state index in [0.717, 1.165) is 36.8 Å². The molecule has 2 bridgehead atoms. The van der Waals surface area contributed by atoms with Crippen molar-refractivity contribution in [1.82, 2.24) is 0 Å². The summed E-state index contributed by atoms with van der Waals surface area (Å²) < 4.78 is 22.8. The van der Waals surface area contributed by atoms with Gasteiger partial charge in [0.2, 0.25) is 0 Å². The van der Waals surface area contributed by atoms with Crippen molar-refractivity contribution in [1.29, 1.82) is 0 Å². The summed E-state index contributed by atoms with van der Waals surface area (Å²) in [6.45, 7) is 2.93. The van der Waals surface area contributed by atoms with Gasteiger partial charge in [-0.25, -0.2) is 4.79 Å². The van der Waals surface area contributed by atoms with Gasteiger partial charge in [-0.3, -0.25) is 4.79 Å². The third kappa shape index (κ3) is 2.69. The molecule has 1 aromatic rings. The Kier molecular flexibility index (Phi) is 4.80. The maximum absolute atomic E-state index is 12.7. The molecule has 0 unspecified atom stereocenters. The molecule has 8 heteroatoms. The normalized spacial score (nSPS) is 33.2. The number of hydrogen-bond acceptors (Lipinski definition) is 8. The van der Waals surface area contributed by atoms with Crippen LogP contribution in [0.5, 0.6) is 11.5 Å². The lowest BCUT2D eigenvalue weighted by atomic mass is 9.47. The number of carbonyl (C=O) groups is 2. The molecule has 3 aliphatic carbocycles. The van der Waals surface area contributed by atoms with Crippen LogP contribution >= 0.6 is 0 Å². The summed E-state index contributed by atoms with van der Waals surface area (Å²) in [6, 6.07) is 3.11. The molecule has 1 saturated carbocycles. The number of aliphatic hydroxyl groups is 1. The van der Waals surface area contributed by atoms with Gasteiger partial charge in [-0.1, -0.05) is 12.5 Å². The zero-order valence-electron chi connectivity index (χ0n) is 18.6. The van der Waals surface area contributed by atoms with Crippen LogP contribution in [0.2, 0.25) is 0 Å². The first-order valence-electron chi connectivity index (χ1n) is 11.2. The van der Waals surface area contributed by atoms with E-state index in [4.69, 9.17) is 24.7 Å². The maximum Gasteiger partial charge on any atom is 0.352 e. The van der Waals surface area contributed by atoms with Gasteiger partial charge in [0.1, 0.15) is 11.8 Å². The molecule has 8 nitrogen and oxygen atoms in total. The highest BCUT2D eigenvalue weighted by molar-refractivity contribution is 5.82. The van der Waals surface area contributed by atoms with E-state index in [0.29, 0.717) is 23.7 Å². The van der Waals surface area contributed by atoms with Crippen molar-refractivity contribution >= 4 is 11.9 Å². The summed E-state index contributed by atoms with van der Waals surface area (Å²) >= 11 is 0. The van der Waals surface area contributed by atoms with Crippen molar-refractivity contribution in [3.8, 4) is 11.5 Å². The van der Waals surface area contributed by atoms with Crippen LogP contribution in [0.3, 0.4) is 0 Å². The van der Waals surface area contributed by atoms with Gasteiger partial charge >= 0.3 is 11.9 Å². The van der Waals surface area contributed by atoms with Crippen LogP contribution in [0.4, 0.5) is 0 Å². The molecule has 0 saturated heterocycles. The second-order valence-corrected chi connectivity index (χ2v) is 9.42. The quantitative estimate of drug-likeness (QED) is 0.663. The predicted molar refractivity (Wildman–Crippen MR) is 113 cm³/mol. The molecule has 6 atom stereocenters. The highest BCUT2D eigenvalue weighted by atomic mass is 16.6. The Balaban J connectivity index is 1.52. The third-order valence-electron chi connectivity index (χ3n) is 7.68. The first-order chi connectivity index (χ1) is 15.2. The van der Waals surface area contributed by atoms with E-state index >= 15 is 0 Å². The molecule has 32 heavy (non-hydrogen) atoms. The van der Waals surface area contributed by atoms with Gasteiger partial charge < -0.3 is 29.8 Å². The number of esters is 2. The number of methoxy groups -OCH3 is 1. The largest absolute Gasteiger partial charge is 0.493 e. The second kappa shape index (κ2) is 7.22. The average molecular weight is 443 g/mol. The molecule has 1 aliphatic heterocycles. The Hall–Kier alpha value is -2.58. The minimum atomic E-state index is -1.12. The molecular formula is C24H29NO7. The van der Waals surface area contributed by atoms with Crippen LogP contribution in [-0.4, -0.2) is 48.0 Å². The van der Waals surface area contributed by atoms with Crippen LogP contribution < -0.4 is 15.2 Å². The Morgan fingerprint density at radius 1 is 1.28 bits per heavy atom. The van der Waals surface area contributed by atoms with Crippen molar-refractivity contribution in [3.05, 3.63) is 35.1 Å². The Morgan fingerprint density at radius 2 is 2.06 bits per heavy atom. The molecule has 0 radical (unpaired) electrons. The van der Waals surface area contributed by atoms with Crippen LogP contribution in [-0.2, 0) is 30.9 Å². The predicted octanol–water partition coefficient (Wildman–Crippen LogP) is 1.89. The van der Waals surface area contributed by atoms with E-state index in [1.165, 1.54) is 13.8 Å². The first-order valence-corrected chi connectivity index (χ1v) is 11.2. The molecule has 1 fully saturated rings. The van der Waals surface area contributed by atoms with E-state index in [9.17, 15) is 14.7 Å². The lowest BCUT2D eigenvalue weighted by molar-refractivity contribution is -0.171. The number of benzene rings is 1. The zero-order chi connectivity index (χ0) is 22.8. The topological polar surface area (TPSA) is 117 Å². The van der Waals surface area contributed by atoms with E-state index in [2.05, 4.69) is 6.07 Å². The molecule has 0 amide bonds. The number of rotatable bonds is 5. The fourth-order valence-corrected chi connectivity index (χ4v) is 6.21. The lowest BCUT2D eigenvalue weighted by Crippen LogP contribution is -2.67. The number of ether oxygens (including phenoxy) is 4. The standard InChI is InChI=1S/C24H29NO7/c1-12(25)21(26)30-13(2)22(27)31-17-8-10-24(28)15-5-4-9-23(24)18-14(11-15)6-7-16(29-3)19(18)32-20(17)23/h6-8,12-13,15,20,28H,4-5,9-11,25H2,1-3H3/t12-,13-,15-,20+,23+,24-/m0/s1. The van der Waals surface area contributed by atoms with Crippen LogP contribution in [0, 0.1) is 5.92 Å². The van der Waals surface area contributed by atoms with Gasteiger partial charge in [0.15, 0.2) is 23.7 Å². The molecular weight excluding hydrogens is 414 g/mol. The Labute approximate surface area is 186 Å². The van der Waals surface area contributed by atoms with E-state index in [1.54, 1.807) is 13.2 Å². The molecule has 3 N–H and O–H groups in total. The number of nitrogens with two attached hydrogens (primary N) is 1. The van der Waals surface area contributed by atoms with Gasteiger partial charge in [-0.2, -0.15) is 0 Å². The maximum atomic E-state index is 12.7. The fourth-order valence-electron chi connectivity index (χ4n) is 6.21. The van der Waals surface area contributed by atoms with Crippen LogP contribution in [0.1, 0.15) is 50.7 Å². The zero-order valence-corrected chi connectivity index (χ0v) is 18.6. The van der Waals surface area contributed by atoms with E-state index < -0.39 is 41.2 Å². The first kappa shape index (κ1) is 21.3. The third-order valence-corrected chi connectivity index (χ3v) is 7.68. The van der Waals surface area contributed by atoms with Gasteiger partial charge in [-0.15, -0.1) is 0 Å².